The van der Waals surface area contributed by atoms with E-state index in [-0.39, 0.29) is 0 Å². The van der Waals surface area contributed by atoms with Crippen LogP contribution in [0, 0.1) is 0 Å². The molecule has 0 fully saturated rings. The zero-order valence-corrected chi connectivity index (χ0v) is 11.7. The van der Waals surface area contributed by atoms with Crippen LogP contribution in [0.1, 0.15) is 0 Å². The number of rotatable bonds is 2. The first-order valence-electron chi connectivity index (χ1n) is 6.15. The first-order valence-corrected chi connectivity index (χ1v) is 6.53. The van der Waals surface area contributed by atoms with Gasteiger partial charge in [0.25, 0.3) is 0 Å². The molecule has 0 amide bonds. The standard InChI is InChI=1S/C15H13ClN4/c1-20-15(17)13(10-5-7-18-8-6-10)14(19-20)11-3-2-4-12(16)9-11/h2-9H,17H2,1H3. The van der Waals surface area contributed by atoms with Crippen molar-refractivity contribution in [1.82, 2.24) is 14.8 Å². The Labute approximate surface area is 121 Å². The van der Waals surface area contributed by atoms with Gasteiger partial charge >= 0.3 is 0 Å². The fourth-order valence-corrected chi connectivity index (χ4v) is 2.37. The van der Waals surface area contributed by atoms with Crippen molar-refractivity contribution in [2.75, 3.05) is 5.73 Å². The maximum atomic E-state index is 6.16. The highest BCUT2D eigenvalue weighted by atomic mass is 35.5. The van der Waals surface area contributed by atoms with Gasteiger partial charge in [-0.2, -0.15) is 5.10 Å². The summed E-state index contributed by atoms with van der Waals surface area (Å²) in [7, 11) is 1.83. The lowest BCUT2D eigenvalue weighted by Crippen LogP contribution is -1.97. The first-order chi connectivity index (χ1) is 9.66. The number of halogens is 1. The van der Waals surface area contributed by atoms with Crippen LogP contribution in [0.15, 0.2) is 48.8 Å². The summed E-state index contributed by atoms with van der Waals surface area (Å²) in [6.07, 6.45) is 3.48. The molecule has 0 bridgehead atoms. The summed E-state index contributed by atoms with van der Waals surface area (Å²) in [6.45, 7) is 0. The third-order valence-electron chi connectivity index (χ3n) is 3.16. The van der Waals surface area contributed by atoms with Crippen LogP contribution in [-0.2, 0) is 7.05 Å². The van der Waals surface area contributed by atoms with Crippen molar-refractivity contribution in [3.05, 3.63) is 53.8 Å². The van der Waals surface area contributed by atoms with E-state index in [1.807, 2.05) is 43.4 Å². The average molecular weight is 285 g/mol. The Morgan fingerprint density at radius 2 is 1.85 bits per heavy atom. The number of anilines is 1. The van der Waals surface area contributed by atoms with Gasteiger partial charge in [0, 0.05) is 30.0 Å². The predicted molar refractivity (Wildman–Crippen MR) is 81.3 cm³/mol. The van der Waals surface area contributed by atoms with Gasteiger partial charge in [-0.1, -0.05) is 23.7 Å². The van der Waals surface area contributed by atoms with Crippen LogP contribution in [-0.4, -0.2) is 14.8 Å². The normalized spacial score (nSPS) is 10.7. The van der Waals surface area contributed by atoms with Crippen molar-refractivity contribution >= 4 is 17.4 Å². The molecule has 0 aliphatic heterocycles. The first kappa shape index (κ1) is 12.7. The zero-order valence-electron chi connectivity index (χ0n) is 10.9. The van der Waals surface area contributed by atoms with Crippen LogP contribution in [0.25, 0.3) is 22.4 Å². The van der Waals surface area contributed by atoms with Crippen LogP contribution < -0.4 is 5.73 Å². The quantitative estimate of drug-likeness (QED) is 0.785. The van der Waals surface area contributed by atoms with Crippen LogP contribution in [0.5, 0.6) is 0 Å². The third kappa shape index (κ3) is 2.14. The Kier molecular flexibility index (Phi) is 3.16. The Morgan fingerprint density at radius 1 is 1.10 bits per heavy atom. The number of nitrogens with two attached hydrogens (primary N) is 1. The van der Waals surface area contributed by atoms with Crippen molar-refractivity contribution in [2.24, 2.45) is 7.05 Å². The van der Waals surface area contributed by atoms with Crippen molar-refractivity contribution in [1.29, 1.82) is 0 Å². The molecule has 3 aromatic rings. The molecule has 0 saturated carbocycles. The maximum absolute atomic E-state index is 6.16. The van der Waals surface area contributed by atoms with Gasteiger partial charge in [0.15, 0.2) is 0 Å². The smallest absolute Gasteiger partial charge is 0.129 e. The lowest BCUT2D eigenvalue weighted by Gasteiger charge is -2.04. The number of pyridine rings is 1. The van der Waals surface area contributed by atoms with Gasteiger partial charge in [-0.05, 0) is 29.8 Å². The second kappa shape index (κ2) is 4.98. The second-order valence-electron chi connectivity index (χ2n) is 4.48. The molecule has 20 heavy (non-hydrogen) atoms. The zero-order chi connectivity index (χ0) is 14.1. The van der Waals surface area contributed by atoms with E-state index in [9.17, 15) is 0 Å². The van der Waals surface area contributed by atoms with Gasteiger partial charge in [-0.3, -0.25) is 9.67 Å². The predicted octanol–water partition coefficient (Wildman–Crippen LogP) is 3.38. The van der Waals surface area contributed by atoms with Crippen LogP contribution in [0.4, 0.5) is 5.82 Å². The van der Waals surface area contributed by atoms with Gasteiger partial charge in [-0.15, -0.1) is 0 Å². The number of aryl methyl sites for hydroxylation is 1. The topological polar surface area (TPSA) is 56.7 Å². The van der Waals surface area contributed by atoms with Crippen molar-refractivity contribution in [3.63, 3.8) is 0 Å². The van der Waals surface area contributed by atoms with Crippen molar-refractivity contribution in [3.8, 4) is 22.4 Å². The molecule has 1 aromatic carbocycles. The number of nitrogen functional groups attached to an aromatic ring is 1. The molecule has 4 nitrogen and oxygen atoms in total. The summed E-state index contributed by atoms with van der Waals surface area (Å²) >= 11 is 6.06. The van der Waals surface area contributed by atoms with E-state index < -0.39 is 0 Å². The molecule has 0 aliphatic carbocycles. The molecule has 2 aromatic heterocycles. The van der Waals surface area contributed by atoms with Gasteiger partial charge in [0.05, 0.1) is 5.56 Å². The molecule has 100 valence electrons. The van der Waals surface area contributed by atoms with Gasteiger partial charge < -0.3 is 5.73 Å². The molecule has 0 unspecified atom stereocenters. The number of aromatic nitrogens is 3. The molecule has 2 N–H and O–H groups in total. The number of hydrogen-bond acceptors (Lipinski definition) is 3. The van der Waals surface area contributed by atoms with Gasteiger partial charge in [-0.25, -0.2) is 0 Å². The van der Waals surface area contributed by atoms with Gasteiger partial charge in [0.1, 0.15) is 11.5 Å². The fourth-order valence-electron chi connectivity index (χ4n) is 2.18. The fraction of sp³-hybridized carbons (Fsp3) is 0.0667. The number of hydrogen-bond donors (Lipinski definition) is 1. The molecular formula is C15H13ClN4. The van der Waals surface area contributed by atoms with E-state index in [0.717, 1.165) is 22.4 Å². The highest BCUT2D eigenvalue weighted by Gasteiger charge is 2.17. The summed E-state index contributed by atoms with van der Waals surface area (Å²) in [5, 5.41) is 5.18. The van der Waals surface area contributed by atoms with E-state index in [1.165, 1.54) is 0 Å². The monoisotopic (exact) mass is 284 g/mol. The summed E-state index contributed by atoms with van der Waals surface area (Å²) in [5.74, 6) is 0.617. The highest BCUT2D eigenvalue weighted by molar-refractivity contribution is 6.30. The van der Waals surface area contributed by atoms with Crippen molar-refractivity contribution in [2.45, 2.75) is 0 Å². The molecule has 3 rings (SSSR count). The van der Waals surface area contributed by atoms with Crippen LogP contribution in [0.2, 0.25) is 5.02 Å². The SMILES string of the molecule is Cn1nc(-c2cccc(Cl)c2)c(-c2ccncc2)c1N. The van der Waals surface area contributed by atoms with E-state index in [2.05, 4.69) is 10.1 Å². The van der Waals surface area contributed by atoms with E-state index in [0.29, 0.717) is 10.8 Å². The summed E-state index contributed by atoms with van der Waals surface area (Å²) in [6, 6.07) is 11.4. The number of benzene rings is 1. The van der Waals surface area contributed by atoms with E-state index in [1.54, 1.807) is 17.1 Å². The minimum absolute atomic E-state index is 0.617. The van der Waals surface area contributed by atoms with E-state index >= 15 is 0 Å². The molecular weight excluding hydrogens is 272 g/mol. The Hall–Kier alpha value is -2.33. The minimum atomic E-state index is 0.617. The Morgan fingerprint density at radius 3 is 2.55 bits per heavy atom. The largest absolute Gasteiger partial charge is 0.383 e. The average Bonchev–Trinajstić information content (AvgIpc) is 2.76. The summed E-state index contributed by atoms with van der Waals surface area (Å²) in [5.41, 5.74) is 9.80. The Bertz CT molecular complexity index is 750. The minimum Gasteiger partial charge on any atom is -0.383 e. The maximum Gasteiger partial charge on any atom is 0.129 e. The lowest BCUT2D eigenvalue weighted by atomic mass is 10.0. The molecule has 5 heteroatoms. The lowest BCUT2D eigenvalue weighted by molar-refractivity contribution is 0.782. The molecule has 0 aliphatic rings. The molecule has 2 heterocycles. The molecule has 0 atom stereocenters. The van der Waals surface area contributed by atoms with Gasteiger partial charge in [0.2, 0.25) is 0 Å². The van der Waals surface area contributed by atoms with E-state index in [4.69, 9.17) is 17.3 Å². The second-order valence-corrected chi connectivity index (χ2v) is 4.92. The molecule has 0 saturated heterocycles. The van der Waals surface area contributed by atoms with Crippen molar-refractivity contribution < 1.29 is 0 Å². The Balaban J connectivity index is 2.25. The summed E-state index contributed by atoms with van der Waals surface area (Å²) in [4.78, 5) is 4.03. The summed E-state index contributed by atoms with van der Waals surface area (Å²) < 4.78 is 1.67. The third-order valence-corrected chi connectivity index (χ3v) is 3.39. The molecule has 0 radical (unpaired) electrons. The highest BCUT2D eigenvalue weighted by Crippen LogP contribution is 2.36. The van der Waals surface area contributed by atoms with Crippen LogP contribution in [0.3, 0.4) is 0 Å². The van der Waals surface area contributed by atoms with Crippen LogP contribution >= 0.6 is 11.6 Å². The molecule has 0 spiro atoms. The number of nitrogens with zero attached hydrogens (tertiary/aromatic N) is 3.